The van der Waals surface area contributed by atoms with Gasteiger partial charge in [0.05, 0.1) is 4.70 Å². The van der Waals surface area contributed by atoms with Crippen molar-refractivity contribution in [2.45, 2.75) is 43.9 Å². The fourth-order valence-corrected chi connectivity index (χ4v) is 7.02. The van der Waals surface area contributed by atoms with Crippen LogP contribution in [-0.4, -0.2) is 11.1 Å². The van der Waals surface area contributed by atoms with Crippen molar-refractivity contribution in [3.05, 3.63) is 17.1 Å². The van der Waals surface area contributed by atoms with Gasteiger partial charge in [-0.25, -0.2) is 9.78 Å². The van der Waals surface area contributed by atoms with Crippen LogP contribution in [0.1, 0.15) is 43.5 Å². The van der Waals surface area contributed by atoms with Crippen LogP contribution in [0.5, 0.6) is 0 Å². The number of fused-ring (bicyclic) bond motifs is 1. The number of benzene rings is 1. The van der Waals surface area contributed by atoms with E-state index in [1.807, 2.05) is 6.07 Å². The fraction of sp³-hybridized carbons (Fsp3) is 0.556. The highest BCUT2D eigenvalue weighted by molar-refractivity contribution is 7.18. The van der Waals surface area contributed by atoms with E-state index in [0.29, 0.717) is 11.4 Å². The summed E-state index contributed by atoms with van der Waals surface area (Å²) >= 11 is 1.76. The summed E-state index contributed by atoms with van der Waals surface area (Å²) < 4.78 is 1.05. The summed E-state index contributed by atoms with van der Waals surface area (Å²) in [5, 5.41) is 1.25. The zero-order valence-electron chi connectivity index (χ0n) is 12.9. The molecule has 0 saturated heterocycles. The van der Waals surface area contributed by atoms with Gasteiger partial charge in [0.15, 0.2) is 0 Å². The highest BCUT2D eigenvalue weighted by atomic mass is 32.1. The second kappa shape index (κ2) is 4.65. The number of isocyanates is 1. The molecular formula is C18H19N3OS. The first kappa shape index (κ1) is 13.7. The van der Waals surface area contributed by atoms with E-state index in [2.05, 4.69) is 4.99 Å². The van der Waals surface area contributed by atoms with Gasteiger partial charge in [-0.2, -0.15) is 4.99 Å². The van der Waals surface area contributed by atoms with Crippen molar-refractivity contribution in [2.24, 2.45) is 22.7 Å². The quantitative estimate of drug-likeness (QED) is 0.508. The standard InChI is InChI=1S/C18H19N3OS/c19-13-4-14(20-9-22)16-15(5-13)23-17(21-16)18-6-10-1-11(7-18)3-12(2-10)8-18/h4-5,10-12H,1-3,6-8,19H2. The van der Waals surface area contributed by atoms with Gasteiger partial charge in [0.2, 0.25) is 6.08 Å². The van der Waals surface area contributed by atoms with E-state index in [4.69, 9.17) is 10.7 Å². The van der Waals surface area contributed by atoms with Gasteiger partial charge in [0, 0.05) is 11.1 Å². The predicted molar refractivity (Wildman–Crippen MR) is 91.7 cm³/mol. The molecule has 5 heteroatoms. The van der Waals surface area contributed by atoms with Crippen LogP contribution >= 0.6 is 11.3 Å². The van der Waals surface area contributed by atoms with Crippen molar-refractivity contribution >= 4 is 39.0 Å². The average Bonchev–Trinajstić information content (AvgIpc) is 2.91. The monoisotopic (exact) mass is 325 g/mol. The van der Waals surface area contributed by atoms with Crippen LogP contribution in [-0.2, 0) is 10.2 Å². The Morgan fingerprint density at radius 3 is 2.43 bits per heavy atom. The van der Waals surface area contributed by atoms with Crippen LogP contribution in [0.25, 0.3) is 10.2 Å². The Labute approximate surface area is 138 Å². The molecule has 1 heterocycles. The lowest BCUT2D eigenvalue weighted by molar-refractivity contribution is -0.00518. The Morgan fingerprint density at radius 2 is 1.83 bits per heavy atom. The Bertz CT molecular complexity index is 814. The van der Waals surface area contributed by atoms with E-state index in [-0.39, 0.29) is 5.41 Å². The molecule has 23 heavy (non-hydrogen) atoms. The molecular weight excluding hydrogens is 306 g/mol. The number of hydrogen-bond donors (Lipinski definition) is 1. The maximum atomic E-state index is 10.7. The highest BCUT2D eigenvalue weighted by Gasteiger charge is 2.53. The van der Waals surface area contributed by atoms with E-state index in [0.717, 1.165) is 28.0 Å². The largest absolute Gasteiger partial charge is 0.399 e. The number of nitrogen functional groups attached to an aromatic ring is 1. The molecule has 118 valence electrons. The van der Waals surface area contributed by atoms with Gasteiger partial charge in [-0.05, 0) is 68.4 Å². The van der Waals surface area contributed by atoms with Gasteiger partial charge in [-0.15, -0.1) is 11.3 Å². The minimum Gasteiger partial charge on any atom is -0.399 e. The van der Waals surface area contributed by atoms with E-state index >= 15 is 0 Å². The van der Waals surface area contributed by atoms with Crippen molar-refractivity contribution in [3.8, 4) is 0 Å². The van der Waals surface area contributed by atoms with Crippen LogP contribution in [0.15, 0.2) is 17.1 Å². The highest BCUT2D eigenvalue weighted by Crippen LogP contribution is 2.61. The number of thiazole rings is 1. The molecule has 2 N–H and O–H groups in total. The Balaban J connectivity index is 1.66. The molecule has 0 radical (unpaired) electrons. The zero-order valence-corrected chi connectivity index (χ0v) is 13.7. The third-order valence-electron chi connectivity index (χ3n) is 6.16. The van der Waals surface area contributed by atoms with Gasteiger partial charge in [-0.3, -0.25) is 0 Å². The lowest BCUT2D eigenvalue weighted by atomic mass is 9.50. The van der Waals surface area contributed by atoms with E-state index < -0.39 is 0 Å². The summed E-state index contributed by atoms with van der Waals surface area (Å²) in [5.74, 6) is 2.68. The molecule has 0 unspecified atom stereocenters. The van der Waals surface area contributed by atoms with Gasteiger partial charge in [0.1, 0.15) is 16.2 Å². The normalized spacial score (nSPS) is 34.7. The number of aliphatic imine (C=N–C) groups is 1. The first-order valence-electron chi connectivity index (χ1n) is 8.44. The number of rotatable bonds is 2. The number of carbonyl (C=O) groups excluding carboxylic acids is 1. The lowest BCUT2D eigenvalue weighted by Crippen LogP contribution is -2.48. The Morgan fingerprint density at radius 1 is 1.17 bits per heavy atom. The minimum atomic E-state index is 0.273. The summed E-state index contributed by atoms with van der Waals surface area (Å²) in [5.41, 5.74) is 8.24. The molecule has 0 atom stereocenters. The van der Waals surface area contributed by atoms with Crippen LogP contribution in [0, 0.1) is 17.8 Å². The van der Waals surface area contributed by atoms with E-state index in [9.17, 15) is 4.79 Å². The third-order valence-corrected chi connectivity index (χ3v) is 7.40. The number of nitrogens with zero attached hydrogens (tertiary/aromatic N) is 2. The second-order valence-corrected chi connectivity index (χ2v) is 8.84. The fourth-order valence-electron chi connectivity index (χ4n) is 5.77. The second-order valence-electron chi connectivity index (χ2n) is 7.81. The summed E-state index contributed by atoms with van der Waals surface area (Å²) in [7, 11) is 0. The number of aromatic nitrogens is 1. The summed E-state index contributed by atoms with van der Waals surface area (Å²) in [6.07, 6.45) is 9.79. The van der Waals surface area contributed by atoms with Crippen molar-refractivity contribution in [3.63, 3.8) is 0 Å². The molecule has 4 bridgehead atoms. The molecule has 0 amide bonds. The zero-order chi connectivity index (χ0) is 15.6. The minimum absolute atomic E-state index is 0.273. The van der Waals surface area contributed by atoms with Crippen LogP contribution in [0.3, 0.4) is 0 Å². The van der Waals surface area contributed by atoms with Crippen LogP contribution < -0.4 is 5.73 Å². The third kappa shape index (κ3) is 2.00. The van der Waals surface area contributed by atoms with Crippen LogP contribution in [0.4, 0.5) is 11.4 Å². The molecule has 1 aromatic carbocycles. The topological polar surface area (TPSA) is 68.3 Å². The van der Waals surface area contributed by atoms with Gasteiger partial charge >= 0.3 is 0 Å². The summed E-state index contributed by atoms with van der Waals surface area (Å²) in [6, 6.07) is 3.68. The Kier molecular flexibility index (Phi) is 2.77. The maximum Gasteiger partial charge on any atom is 0.240 e. The molecule has 4 saturated carbocycles. The molecule has 4 aliphatic rings. The predicted octanol–water partition coefficient (Wildman–Crippen LogP) is 4.31. The molecule has 1 aromatic heterocycles. The first-order valence-corrected chi connectivity index (χ1v) is 9.25. The first-order chi connectivity index (χ1) is 11.1. The van der Waals surface area contributed by atoms with Gasteiger partial charge in [-0.1, -0.05) is 0 Å². The van der Waals surface area contributed by atoms with Gasteiger partial charge in [0.25, 0.3) is 0 Å². The lowest BCUT2D eigenvalue weighted by Gasteiger charge is -2.56. The molecule has 4 aliphatic carbocycles. The van der Waals surface area contributed by atoms with Crippen molar-refractivity contribution in [1.29, 1.82) is 0 Å². The smallest absolute Gasteiger partial charge is 0.240 e. The van der Waals surface area contributed by atoms with E-state index in [1.165, 1.54) is 43.5 Å². The number of anilines is 1. The molecule has 2 aromatic rings. The van der Waals surface area contributed by atoms with E-state index in [1.54, 1.807) is 23.5 Å². The molecule has 4 fully saturated rings. The molecule has 0 aliphatic heterocycles. The van der Waals surface area contributed by atoms with Crippen LogP contribution in [0.2, 0.25) is 0 Å². The summed E-state index contributed by atoms with van der Waals surface area (Å²) in [4.78, 5) is 19.5. The Hall–Kier alpha value is -1.71. The SMILES string of the molecule is Nc1cc(N=C=O)c2nc(C34CC5CC(CC(C5)C3)C4)sc2c1. The average molecular weight is 325 g/mol. The molecule has 6 rings (SSSR count). The van der Waals surface area contributed by atoms with Crippen molar-refractivity contribution in [1.82, 2.24) is 4.98 Å². The molecule has 0 spiro atoms. The molecule has 4 nitrogen and oxygen atoms in total. The maximum absolute atomic E-state index is 10.7. The number of nitrogens with two attached hydrogens (primary N) is 1. The van der Waals surface area contributed by atoms with Crippen molar-refractivity contribution < 1.29 is 4.79 Å². The van der Waals surface area contributed by atoms with Crippen molar-refractivity contribution in [2.75, 3.05) is 5.73 Å². The summed E-state index contributed by atoms with van der Waals surface area (Å²) in [6.45, 7) is 0. The number of hydrogen-bond acceptors (Lipinski definition) is 5. The van der Waals surface area contributed by atoms with Gasteiger partial charge < -0.3 is 5.73 Å².